The average molecular weight is 328 g/mol. The number of carbonyl (C=O) groups is 1. The lowest BCUT2D eigenvalue weighted by molar-refractivity contribution is 0.0995. The quantitative estimate of drug-likeness (QED) is 0.692. The van der Waals surface area contributed by atoms with Crippen LogP contribution in [0.5, 0.6) is 5.88 Å². The standard InChI is InChI=1S/C17H14ClN3O2/c1-2-21-14-6-4-3-5-13(14)15(17(21)23)19-20-16(22)11-7-9-12(18)10-8-11/h3-10,23H,2H2,1H3. The van der Waals surface area contributed by atoms with Crippen LogP contribution >= 0.6 is 11.6 Å². The second-order valence-electron chi connectivity index (χ2n) is 4.95. The van der Waals surface area contributed by atoms with Crippen LogP contribution in [0.2, 0.25) is 5.02 Å². The van der Waals surface area contributed by atoms with Gasteiger partial charge in [-0.1, -0.05) is 29.8 Å². The van der Waals surface area contributed by atoms with E-state index in [2.05, 4.69) is 10.2 Å². The van der Waals surface area contributed by atoms with Crippen molar-refractivity contribution in [1.29, 1.82) is 0 Å². The molecule has 0 saturated carbocycles. The number of aromatic hydroxyl groups is 1. The molecule has 2 aromatic carbocycles. The third kappa shape index (κ3) is 2.83. The Morgan fingerprint density at radius 2 is 1.87 bits per heavy atom. The highest BCUT2D eigenvalue weighted by atomic mass is 35.5. The first kappa shape index (κ1) is 15.2. The second kappa shape index (κ2) is 6.22. The van der Waals surface area contributed by atoms with E-state index in [9.17, 15) is 9.90 Å². The maximum atomic E-state index is 12.1. The molecule has 3 aromatic rings. The van der Waals surface area contributed by atoms with Gasteiger partial charge in [-0.15, -0.1) is 10.2 Å². The molecular formula is C17H14ClN3O2. The van der Waals surface area contributed by atoms with E-state index >= 15 is 0 Å². The van der Waals surface area contributed by atoms with Crippen molar-refractivity contribution in [2.45, 2.75) is 13.5 Å². The predicted molar refractivity (Wildman–Crippen MR) is 89.6 cm³/mol. The number of rotatable bonds is 3. The van der Waals surface area contributed by atoms with Crippen LogP contribution in [0.25, 0.3) is 10.9 Å². The van der Waals surface area contributed by atoms with Gasteiger partial charge in [-0.2, -0.15) is 0 Å². The van der Waals surface area contributed by atoms with E-state index in [4.69, 9.17) is 11.6 Å². The van der Waals surface area contributed by atoms with Crippen LogP contribution in [0.4, 0.5) is 5.69 Å². The zero-order valence-corrected chi connectivity index (χ0v) is 13.2. The van der Waals surface area contributed by atoms with Gasteiger partial charge < -0.3 is 9.67 Å². The molecule has 0 spiro atoms. The molecule has 0 saturated heterocycles. The highest BCUT2D eigenvalue weighted by Crippen LogP contribution is 2.38. The molecule has 1 aromatic heterocycles. The molecule has 3 rings (SSSR count). The van der Waals surface area contributed by atoms with Crippen molar-refractivity contribution >= 4 is 34.1 Å². The van der Waals surface area contributed by atoms with Gasteiger partial charge in [0.05, 0.1) is 5.52 Å². The van der Waals surface area contributed by atoms with Gasteiger partial charge in [0.25, 0.3) is 5.91 Å². The maximum Gasteiger partial charge on any atom is 0.295 e. The summed E-state index contributed by atoms with van der Waals surface area (Å²) in [4.78, 5) is 12.1. The number of aromatic nitrogens is 1. The molecule has 0 bridgehead atoms. The van der Waals surface area contributed by atoms with Crippen LogP contribution in [0, 0.1) is 0 Å². The fourth-order valence-electron chi connectivity index (χ4n) is 2.44. The van der Waals surface area contributed by atoms with Crippen molar-refractivity contribution < 1.29 is 9.90 Å². The predicted octanol–water partition coefficient (Wildman–Crippen LogP) is 4.94. The van der Waals surface area contributed by atoms with Gasteiger partial charge in [0.15, 0.2) is 5.69 Å². The molecule has 0 aliphatic heterocycles. The minimum atomic E-state index is -0.491. The topological polar surface area (TPSA) is 66.9 Å². The van der Waals surface area contributed by atoms with Crippen LogP contribution in [-0.2, 0) is 6.54 Å². The third-order valence-corrected chi connectivity index (χ3v) is 3.82. The molecule has 23 heavy (non-hydrogen) atoms. The van der Waals surface area contributed by atoms with Crippen molar-refractivity contribution in [2.24, 2.45) is 10.2 Å². The Labute approximate surface area is 137 Å². The van der Waals surface area contributed by atoms with Crippen molar-refractivity contribution in [3.8, 4) is 5.88 Å². The summed E-state index contributed by atoms with van der Waals surface area (Å²) in [6.07, 6.45) is 0. The number of amides is 1. The van der Waals surface area contributed by atoms with Crippen LogP contribution in [0.15, 0.2) is 58.8 Å². The fourth-order valence-corrected chi connectivity index (χ4v) is 2.56. The molecule has 1 N–H and O–H groups in total. The van der Waals surface area contributed by atoms with Gasteiger partial charge in [0.2, 0.25) is 5.88 Å². The number of hydrogen-bond donors (Lipinski definition) is 1. The number of para-hydroxylation sites is 1. The van der Waals surface area contributed by atoms with Crippen LogP contribution in [-0.4, -0.2) is 15.6 Å². The number of carbonyl (C=O) groups excluding carboxylic acids is 1. The Bertz CT molecular complexity index is 898. The summed E-state index contributed by atoms with van der Waals surface area (Å²) < 4.78 is 1.72. The van der Waals surface area contributed by atoms with Crippen LogP contribution in [0.3, 0.4) is 0 Å². The Balaban J connectivity index is 1.99. The van der Waals surface area contributed by atoms with E-state index in [0.717, 1.165) is 10.9 Å². The minimum Gasteiger partial charge on any atom is -0.493 e. The summed E-state index contributed by atoms with van der Waals surface area (Å²) in [5.74, 6) is -0.490. The van der Waals surface area contributed by atoms with E-state index in [1.54, 1.807) is 28.8 Å². The molecule has 116 valence electrons. The first-order valence-corrected chi connectivity index (χ1v) is 7.51. The molecule has 0 fully saturated rings. The van der Waals surface area contributed by atoms with E-state index in [-0.39, 0.29) is 5.88 Å². The van der Waals surface area contributed by atoms with Gasteiger partial charge in [-0.05, 0) is 37.3 Å². The number of nitrogens with zero attached hydrogens (tertiary/aromatic N) is 3. The molecule has 1 amide bonds. The summed E-state index contributed by atoms with van der Waals surface area (Å²) in [6.45, 7) is 2.51. The lowest BCUT2D eigenvalue weighted by Gasteiger charge is -2.00. The van der Waals surface area contributed by atoms with Gasteiger partial charge in [0, 0.05) is 22.5 Å². The molecule has 6 heteroatoms. The molecule has 5 nitrogen and oxygen atoms in total. The lowest BCUT2D eigenvalue weighted by atomic mass is 10.2. The summed E-state index contributed by atoms with van der Waals surface area (Å²) in [5.41, 5.74) is 1.53. The molecule has 0 radical (unpaired) electrons. The SMILES string of the molecule is CCn1c(O)c(N=NC(=O)c2ccc(Cl)cc2)c2ccccc21. The Morgan fingerprint density at radius 3 is 2.57 bits per heavy atom. The number of benzene rings is 2. The van der Waals surface area contributed by atoms with Crippen molar-refractivity contribution in [3.63, 3.8) is 0 Å². The summed E-state index contributed by atoms with van der Waals surface area (Å²) in [7, 11) is 0. The Kier molecular flexibility index (Phi) is 4.12. The first-order valence-electron chi connectivity index (χ1n) is 7.13. The van der Waals surface area contributed by atoms with E-state index < -0.39 is 5.91 Å². The van der Waals surface area contributed by atoms with Gasteiger partial charge >= 0.3 is 0 Å². The molecule has 0 aliphatic carbocycles. The van der Waals surface area contributed by atoms with E-state index in [1.165, 1.54) is 0 Å². The van der Waals surface area contributed by atoms with Gasteiger partial charge in [-0.3, -0.25) is 4.79 Å². The number of fused-ring (bicyclic) bond motifs is 1. The summed E-state index contributed by atoms with van der Waals surface area (Å²) in [6, 6.07) is 13.9. The number of hydrogen-bond acceptors (Lipinski definition) is 3. The molecule has 0 atom stereocenters. The van der Waals surface area contributed by atoms with Crippen molar-refractivity contribution in [1.82, 2.24) is 4.57 Å². The average Bonchev–Trinajstić information content (AvgIpc) is 2.84. The van der Waals surface area contributed by atoms with Crippen LogP contribution in [0.1, 0.15) is 17.3 Å². The number of aryl methyl sites for hydroxylation is 1. The van der Waals surface area contributed by atoms with Gasteiger partial charge in [0.1, 0.15) is 0 Å². The molecule has 0 unspecified atom stereocenters. The van der Waals surface area contributed by atoms with Gasteiger partial charge in [-0.25, -0.2) is 0 Å². The molecular weight excluding hydrogens is 314 g/mol. The smallest absolute Gasteiger partial charge is 0.295 e. The zero-order valence-electron chi connectivity index (χ0n) is 12.4. The third-order valence-electron chi connectivity index (χ3n) is 3.57. The first-order chi connectivity index (χ1) is 11.1. The normalized spacial score (nSPS) is 11.4. The van der Waals surface area contributed by atoms with Crippen molar-refractivity contribution in [3.05, 3.63) is 59.1 Å². The van der Waals surface area contributed by atoms with E-state index in [1.807, 2.05) is 31.2 Å². The molecule has 1 heterocycles. The number of halogens is 1. The van der Waals surface area contributed by atoms with E-state index in [0.29, 0.717) is 22.8 Å². The minimum absolute atomic E-state index is 0.00126. The summed E-state index contributed by atoms with van der Waals surface area (Å²) >= 11 is 5.79. The highest BCUT2D eigenvalue weighted by molar-refractivity contribution is 6.30. The Hall–Kier alpha value is -2.66. The maximum absolute atomic E-state index is 12.1. The second-order valence-corrected chi connectivity index (χ2v) is 5.38. The Morgan fingerprint density at radius 1 is 1.17 bits per heavy atom. The zero-order chi connectivity index (χ0) is 16.4. The largest absolute Gasteiger partial charge is 0.493 e. The summed E-state index contributed by atoms with van der Waals surface area (Å²) in [5, 5.41) is 19.3. The molecule has 0 aliphatic rings. The fraction of sp³-hybridized carbons (Fsp3) is 0.118. The number of azo groups is 1. The lowest BCUT2D eigenvalue weighted by Crippen LogP contribution is -1.92. The van der Waals surface area contributed by atoms with Crippen molar-refractivity contribution in [2.75, 3.05) is 0 Å². The van der Waals surface area contributed by atoms with Crippen LogP contribution < -0.4 is 0 Å². The monoisotopic (exact) mass is 327 g/mol. The highest BCUT2D eigenvalue weighted by Gasteiger charge is 2.15.